The van der Waals surface area contributed by atoms with Gasteiger partial charge >= 0.3 is 0 Å². The minimum Gasteiger partial charge on any atom is -0.390 e. The summed E-state index contributed by atoms with van der Waals surface area (Å²) < 4.78 is 26.3. The standard InChI is InChI=1S/C13H27NO4S/c1-12(2,3)14-9-7-13(15,8-10-14)6-5-11-18-19(4,16)17/h15H,5-11H2,1-4H3. The molecule has 114 valence electrons. The van der Waals surface area contributed by atoms with Crippen LogP contribution in [-0.2, 0) is 14.3 Å². The molecule has 1 aliphatic heterocycles. The van der Waals surface area contributed by atoms with Crippen molar-refractivity contribution >= 4 is 10.1 Å². The summed E-state index contributed by atoms with van der Waals surface area (Å²) in [5.74, 6) is 0. The van der Waals surface area contributed by atoms with Crippen molar-refractivity contribution < 1.29 is 17.7 Å². The molecule has 1 N–H and O–H groups in total. The van der Waals surface area contributed by atoms with Crippen molar-refractivity contribution in [1.29, 1.82) is 0 Å². The average Bonchev–Trinajstić information content (AvgIpc) is 2.22. The molecule has 1 fully saturated rings. The van der Waals surface area contributed by atoms with E-state index in [1.54, 1.807) is 0 Å². The molecular weight excluding hydrogens is 266 g/mol. The summed E-state index contributed by atoms with van der Waals surface area (Å²) >= 11 is 0. The van der Waals surface area contributed by atoms with Gasteiger partial charge in [-0.2, -0.15) is 8.42 Å². The molecule has 0 aliphatic carbocycles. The molecule has 1 saturated heterocycles. The molecule has 1 aliphatic rings. The van der Waals surface area contributed by atoms with Crippen molar-refractivity contribution in [1.82, 2.24) is 4.90 Å². The van der Waals surface area contributed by atoms with E-state index < -0.39 is 15.7 Å². The molecule has 0 saturated carbocycles. The van der Waals surface area contributed by atoms with Gasteiger partial charge in [-0.3, -0.25) is 9.08 Å². The number of hydrogen-bond acceptors (Lipinski definition) is 5. The normalized spacial score (nSPS) is 21.5. The van der Waals surface area contributed by atoms with Gasteiger partial charge in [-0.25, -0.2) is 0 Å². The third-order valence-electron chi connectivity index (χ3n) is 3.73. The number of hydrogen-bond donors (Lipinski definition) is 1. The first-order valence-corrected chi connectivity index (χ1v) is 8.65. The number of nitrogens with zero attached hydrogens (tertiary/aromatic N) is 1. The molecule has 5 nitrogen and oxygen atoms in total. The van der Waals surface area contributed by atoms with Gasteiger partial charge in [0.25, 0.3) is 10.1 Å². The predicted molar refractivity (Wildman–Crippen MR) is 75.5 cm³/mol. The molecule has 0 unspecified atom stereocenters. The topological polar surface area (TPSA) is 66.8 Å². The highest BCUT2D eigenvalue weighted by molar-refractivity contribution is 7.85. The number of rotatable bonds is 5. The van der Waals surface area contributed by atoms with Gasteiger partial charge in [-0.1, -0.05) is 0 Å². The highest BCUT2D eigenvalue weighted by atomic mass is 32.2. The molecule has 19 heavy (non-hydrogen) atoms. The fourth-order valence-corrected chi connectivity index (χ4v) is 2.88. The van der Waals surface area contributed by atoms with Crippen LogP contribution in [0.2, 0.25) is 0 Å². The van der Waals surface area contributed by atoms with E-state index in [0.717, 1.165) is 32.2 Å². The molecule has 0 aromatic rings. The van der Waals surface area contributed by atoms with Crippen molar-refractivity contribution in [2.45, 2.75) is 57.6 Å². The molecule has 0 aromatic heterocycles. The number of aliphatic hydroxyl groups is 1. The Bertz CT molecular complexity index is 378. The number of likely N-dealkylation sites (tertiary alicyclic amines) is 1. The van der Waals surface area contributed by atoms with E-state index in [0.29, 0.717) is 12.8 Å². The van der Waals surface area contributed by atoms with Gasteiger partial charge < -0.3 is 5.11 Å². The fraction of sp³-hybridized carbons (Fsp3) is 1.00. The zero-order chi connectivity index (χ0) is 14.7. The van der Waals surface area contributed by atoms with Gasteiger partial charge in [0.05, 0.1) is 18.5 Å². The first-order valence-electron chi connectivity index (χ1n) is 6.84. The minimum atomic E-state index is -3.36. The predicted octanol–water partition coefficient (Wildman–Crippen LogP) is 1.37. The Hall–Kier alpha value is -0.170. The lowest BCUT2D eigenvalue weighted by Gasteiger charge is -2.44. The van der Waals surface area contributed by atoms with E-state index in [1.165, 1.54) is 0 Å². The SMILES string of the molecule is CC(C)(C)N1CCC(O)(CCCOS(C)(=O)=O)CC1. The van der Waals surface area contributed by atoms with Crippen molar-refractivity contribution in [3.63, 3.8) is 0 Å². The van der Waals surface area contributed by atoms with Gasteiger partial charge in [-0.15, -0.1) is 0 Å². The molecule has 0 aromatic carbocycles. The van der Waals surface area contributed by atoms with E-state index in [9.17, 15) is 13.5 Å². The highest BCUT2D eigenvalue weighted by Crippen LogP contribution is 2.30. The van der Waals surface area contributed by atoms with Crippen LogP contribution in [-0.4, -0.2) is 55.5 Å². The molecule has 1 rings (SSSR count). The summed E-state index contributed by atoms with van der Waals surface area (Å²) in [6, 6.07) is 0. The van der Waals surface area contributed by atoms with Crippen LogP contribution in [0.4, 0.5) is 0 Å². The third-order valence-corrected chi connectivity index (χ3v) is 4.32. The van der Waals surface area contributed by atoms with Gasteiger partial charge in [-0.05, 0) is 46.5 Å². The molecule has 0 amide bonds. The van der Waals surface area contributed by atoms with Gasteiger partial charge in [0.2, 0.25) is 0 Å². The van der Waals surface area contributed by atoms with Crippen molar-refractivity contribution in [2.24, 2.45) is 0 Å². The second-order valence-corrected chi connectivity index (χ2v) is 8.16. The lowest BCUT2D eigenvalue weighted by Crippen LogP contribution is -2.51. The van der Waals surface area contributed by atoms with E-state index in [1.807, 2.05) is 0 Å². The maximum Gasteiger partial charge on any atom is 0.264 e. The van der Waals surface area contributed by atoms with Crippen LogP contribution in [0.15, 0.2) is 0 Å². The van der Waals surface area contributed by atoms with Crippen LogP contribution >= 0.6 is 0 Å². The molecule has 6 heteroatoms. The van der Waals surface area contributed by atoms with Crippen molar-refractivity contribution in [3.05, 3.63) is 0 Å². The Morgan fingerprint density at radius 1 is 1.26 bits per heavy atom. The first-order chi connectivity index (χ1) is 8.52. The molecule has 0 atom stereocenters. The van der Waals surface area contributed by atoms with Crippen molar-refractivity contribution in [3.8, 4) is 0 Å². The lowest BCUT2D eigenvalue weighted by molar-refractivity contribution is -0.0493. The van der Waals surface area contributed by atoms with Crippen LogP contribution < -0.4 is 0 Å². The monoisotopic (exact) mass is 293 g/mol. The van der Waals surface area contributed by atoms with Crippen LogP contribution in [0.25, 0.3) is 0 Å². The summed E-state index contributed by atoms with van der Waals surface area (Å²) in [6.45, 7) is 8.45. The summed E-state index contributed by atoms with van der Waals surface area (Å²) in [6.07, 6.45) is 3.69. The number of piperidine rings is 1. The quantitative estimate of drug-likeness (QED) is 0.612. The zero-order valence-corrected chi connectivity index (χ0v) is 13.3. The van der Waals surface area contributed by atoms with Gasteiger partial charge in [0, 0.05) is 18.6 Å². The first kappa shape index (κ1) is 16.9. The molecule has 0 spiro atoms. The zero-order valence-electron chi connectivity index (χ0n) is 12.5. The molecule has 1 heterocycles. The Morgan fingerprint density at radius 2 is 1.79 bits per heavy atom. The smallest absolute Gasteiger partial charge is 0.264 e. The van der Waals surface area contributed by atoms with E-state index in [4.69, 9.17) is 4.18 Å². The Morgan fingerprint density at radius 3 is 2.21 bits per heavy atom. The second kappa shape index (κ2) is 6.08. The van der Waals surface area contributed by atoms with E-state index in [2.05, 4.69) is 25.7 Å². The summed E-state index contributed by atoms with van der Waals surface area (Å²) in [5, 5.41) is 10.5. The van der Waals surface area contributed by atoms with Gasteiger partial charge in [0.15, 0.2) is 0 Å². The third kappa shape index (κ3) is 6.21. The second-order valence-electron chi connectivity index (χ2n) is 6.51. The van der Waals surface area contributed by atoms with Crippen LogP contribution in [0, 0.1) is 0 Å². The maximum atomic E-state index is 10.8. The summed E-state index contributed by atoms with van der Waals surface area (Å²) in [4.78, 5) is 2.37. The van der Waals surface area contributed by atoms with Crippen LogP contribution in [0.3, 0.4) is 0 Å². The lowest BCUT2D eigenvalue weighted by atomic mass is 9.85. The Kier molecular flexibility index (Phi) is 5.40. The Balaban J connectivity index is 2.32. The maximum absolute atomic E-state index is 10.8. The Labute approximate surface area is 117 Å². The highest BCUT2D eigenvalue weighted by Gasteiger charge is 2.35. The largest absolute Gasteiger partial charge is 0.390 e. The van der Waals surface area contributed by atoms with E-state index >= 15 is 0 Å². The van der Waals surface area contributed by atoms with Crippen molar-refractivity contribution in [2.75, 3.05) is 26.0 Å². The fourth-order valence-electron chi connectivity index (χ4n) is 2.46. The molecule has 0 bridgehead atoms. The van der Waals surface area contributed by atoms with Crippen LogP contribution in [0.5, 0.6) is 0 Å². The molecule has 0 radical (unpaired) electrons. The average molecular weight is 293 g/mol. The minimum absolute atomic E-state index is 0.140. The summed E-state index contributed by atoms with van der Waals surface area (Å²) in [5.41, 5.74) is -0.524. The van der Waals surface area contributed by atoms with Gasteiger partial charge in [0.1, 0.15) is 0 Å². The van der Waals surface area contributed by atoms with Crippen LogP contribution in [0.1, 0.15) is 46.5 Å². The molecular formula is C13H27NO4S. The summed E-state index contributed by atoms with van der Waals surface area (Å²) in [7, 11) is -3.36. The van der Waals surface area contributed by atoms with E-state index in [-0.39, 0.29) is 12.1 Å².